The number of hydrogen-bond donors (Lipinski definition) is 1. The van der Waals surface area contributed by atoms with Crippen molar-refractivity contribution in [3.05, 3.63) is 28.2 Å². The summed E-state index contributed by atoms with van der Waals surface area (Å²) in [6, 6.07) is 6.98. The Balaban J connectivity index is 1.81. The van der Waals surface area contributed by atoms with Crippen molar-refractivity contribution in [1.29, 1.82) is 0 Å². The van der Waals surface area contributed by atoms with E-state index in [9.17, 15) is 0 Å². The lowest BCUT2D eigenvalue weighted by Gasteiger charge is -2.24. The predicted octanol–water partition coefficient (Wildman–Crippen LogP) is 3.97. The van der Waals surface area contributed by atoms with Crippen LogP contribution in [0, 0.1) is 11.8 Å². The van der Waals surface area contributed by atoms with Crippen LogP contribution in [0.3, 0.4) is 0 Å². The predicted molar refractivity (Wildman–Crippen MR) is 89.2 cm³/mol. The van der Waals surface area contributed by atoms with Gasteiger partial charge in [-0.1, -0.05) is 29.3 Å². The summed E-state index contributed by atoms with van der Waals surface area (Å²) in [5.74, 6) is 1.87. The van der Waals surface area contributed by atoms with E-state index in [4.69, 9.17) is 5.73 Å². The molecule has 3 rings (SSSR count). The molecule has 0 radical (unpaired) electrons. The second kappa shape index (κ2) is 6.07. The third-order valence-corrected chi connectivity index (χ3v) is 5.61. The molecule has 1 saturated heterocycles. The first-order valence-electron chi connectivity index (χ1n) is 7.96. The van der Waals surface area contributed by atoms with Crippen molar-refractivity contribution in [3.8, 4) is 0 Å². The van der Waals surface area contributed by atoms with Gasteiger partial charge >= 0.3 is 0 Å². The van der Waals surface area contributed by atoms with Crippen LogP contribution in [-0.2, 0) is 6.42 Å². The molecule has 0 spiro atoms. The molecule has 1 aromatic carbocycles. The summed E-state index contributed by atoms with van der Waals surface area (Å²) in [4.78, 5) is 2.61. The molecule has 2 aliphatic rings. The average molecular weight is 337 g/mol. The van der Waals surface area contributed by atoms with Gasteiger partial charge in [0.05, 0.1) is 0 Å². The van der Waals surface area contributed by atoms with E-state index in [2.05, 4.69) is 46.0 Å². The molecule has 2 nitrogen and oxygen atoms in total. The van der Waals surface area contributed by atoms with Crippen molar-refractivity contribution in [3.63, 3.8) is 0 Å². The normalized spacial score (nSPS) is 26.9. The Labute approximate surface area is 130 Å². The first-order chi connectivity index (χ1) is 9.67. The van der Waals surface area contributed by atoms with Gasteiger partial charge in [0.15, 0.2) is 0 Å². The smallest absolute Gasteiger partial charge is 0.0400 e. The average Bonchev–Trinajstić information content (AvgIpc) is 2.99. The van der Waals surface area contributed by atoms with Crippen molar-refractivity contribution < 1.29 is 0 Å². The zero-order valence-electron chi connectivity index (χ0n) is 12.3. The molecule has 1 saturated carbocycles. The van der Waals surface area contributed by atoms with E-state index in [-0.39, 0.29) is 6.04 Å². The molecule has 1 aliphatic heterocycles. The van der Waals surface area contributed by atoms with Crippen molar-refractivity contribution in [2.24, 2.45) is 17.6 Å². The van der Waals surface area contributed by atoms with Crippen LogP contribution < -0.4 is 10.6 Å². The van der Waals surface area contributed by atoms with Gasteiger partial charge in [0, 0.05) is 29.3 Å². The molecule has 20 heavy (non-hydrogen) atoms. The molecule has 1 heterocycles. The minimum Gasteiger partial charge on any atom is -0.371 e. The minimum absolute atomic E-state index is 0.269. The Kier molecular flexibility index (Phi) is 4.37. The quantitative estimate of drug-likeness (QED) is 0.901. The van der Waals surface area contributed by atoms with Gasteiger partial charge in [0.25, 0.3) is 0 Å². The summed E-state index contributed by atoms with van der Waals surface area (Å²) >= 11 is 3.61. The molecule has 0 aromatic heterocycles. The van der Waals surface area contributed by atoms with Gasteiger partial charge < -0.3 is 10.6 Å². The van der Waals surface area contributed by atoms with E-state index >= 15 is 0 Å². The number of nitrogens with two attached hydrogens (primary N) is 1. The van der Waals surface area contributed by atoms with Gasteiger partial charge in [-0.05, 0) is 61.3 Å². The third-order valence-electron chi connectivity index (χ3n) is 5.11. The molecule has 0 amide bonds. The highest BCUT2D eigenvalue weighted by atomic mass is 79.9. The maximum Gasteiger partial charge on any atom is 0.0400 e. The molecule has 3 heteroatoms. The van der Waals surface area contributed by atoms with Gasteiger partial charge in [0.2, 0.25) is 0 Å². The van der Waals surface area contributed by atoms with Crippen LogP contribution in [0.2, 0.25) is 0 Å². The molecule has 2 fully saturated rings. The highest BCUT2D eigenvalue weighted by Gasteiger charge is 2.36. The lowest BCUT2D eigenvalue weighted by Crippen LogP contribution is -2.26. The molecule has 0 bridgehead atoms. The van der Waals surface area contributed by atoms with E-state index in [0.29, 0.717) is 0 Å². The molecule has 3 unspecified atom stereocenters. The Hall–Kier alpha value is -0.540. The number of benzene rings is 1. The van der Waals surface area contributed by atoms with Crippen LogP contribution in [0.15, 0.2) is 22.7 Å². The van der Waals surface area contributed by atoms with Crippen LogP contribution in [0.4, 0.5) is 5.69 Å². The van der Waals surface area contributed by atoms with Crippen LogP contribution in [0.1, 0.15) is 38.2 Å². The van der Waals surface area contributed by atoms with Crippen molar-refractivity contribution >= 4 is 21.6 Å². The fourth-order valence-corrected chi connectivity index (χ4v) is 4.29. The molecule has 110 valence electrons. The fraction of sp³-hybridized carbons (Fsp3) is 0.647. The zero-order chi connectivity index (χ0) is 14.1. The first-order valence-corrected chi connectivity index (χ1v) is 8.75. The fourth-order valence-electron chi connectivity index (χ4n) is 3.88. The molecular formula is C17H25BrN2. The number of nitrogens with zero attached hydrogens (tertiary/aromatic N) is 1. The SMILES string of the molecule is CCC(N)Cc1cc(Br)ccc1N1CC2CCCC2C1. The minimum atomic E-state index is 0.269. The van der Waals surface area contributed by atoms with Crippen molar-refractivity contribution in [1.82, 2.24) is 0 Å². The van der Waals surface area contributed by atoms with Gasteiger partial charge in [-0.25, -0.2) is 0 Å². The maximum atomic E-state index is 6.18. The van der Waals surface area contributed by atoms with E-state index in [1.807, 2.05) is 0 Å². The van der Waals surface area contributed by atoms with Gasteiger partial charge in [0.1, 0.15) is 0 Å². The Morgan fingerprint density at radius 2 is 2.00 bits per heavy atom. The first kappa shape index (κ1) is 14.4. The van der Waals surface area contributed by atoms with Crippen LogP contribution in [0.5, 0.6) is 0 Å². The highest BCUT2D eigenvalue weighted by Crippen LogP contribution is 2.40. The molecular weight excluding hydrogens is 312 g/mol. The molecule has 3 atom stereocenters. The summed E-state index contributed by atoms with van der Waals surface area (Å²) < 4.78 is 1.17. The number of halogens is 1. The zero-order valence-corrected chi connectivity index (χ0v) is 13.9. The maximum absolute atomic E-state index is 6.18. The summed E-state index contributed by atoms with van der Waals surface area (Å²) in [5, 5.41) is 0. The van der Waals surface area contributed by atoms with E-state index in [1.165, 1.54) is 48.1 Å². The van der Waals surface area contributed by atoms with Gasteiger partial charge in [-0.15, -0.1) is 0 Å². The second-order valence-corrected chi connectivity index (χ2v) is 7.42. The van der Waals surface area contributed by atoms with Crippen LogP contribution in [-0.4, -0.2) is 19.1 Å². The Morgan fingerprint density at radius 3 is 2.65 bits per heavy atom. The topological polar surface area (TPSA) is 29.3 Å². The largest absolute Gasteiger partial charge is 0.371 e. The van der Waals surface area contributed by atoms with Crippen molar-refractivity contribution in [2.45, 2.75) is 45.1 Å². The molecule has 1 aromatic rings. The molecule has 2 N–H and O–H groups in total. The van der Waals surface area contributed by atoms with E-state index in [0.717, 1.165) is 24.7 Å². The third kappa shape index (κ3) is 2.89. The Bertz CT molecular complexity index is 462. The summed E-state index contributed by atoms with van der Waals surface area (Å²) in [7, 11) is 0. The summed E-state index contributed by atoms with van der Waals surface area (Å²) in [6.45, 7) is 4.67. The van der Waals surface area contributed by atoms with Gasteiger partial charge in [-0.3, -0.25) is 0 Å². The highest BCUT2D eigenvalue weighted by molar-refractivity contribution is 9.10. The van der Waals surface area contributed by atoms with Crippen LogP contribution >= 0.6 is 15.9 Å². The second-order valence-electron chi connectivity index (χ2n) is 6.50. The Morgan fingerprint density at radius 1 is 1.30 bits per heavy atom. The number of hydrogen-bond acceptors (Lipinski definition) is 2. The van der Waals surface area contributed by atoms with Crippen LogP contribution in [0.25, 0.3) is 0 Å². The molecule has 1 aliphatic carbocycles. The number of anilines is 1. The van der Waals surface area contributed by atoms with E-state index in [1.54, 1.807) is 0 Å². The number of fused-ring (bicyclic) bond motifs is 1. The van der Waals surface area contributed by atoms with Crippen molar-refractivity contribution in [2.75, 3.05) is 18.0 Å². The standard InChI is InChI=1S/C17H25BrN2/c1-2-16(19)9-14-8-15(18)6-7-17(14)20-10-12-4-3-5-13(12)11-20/h6-8,12-13,16H,2-5,9-11,19H2,1H3. The lowest BCUT2D eigenvalue weighted by atomic mass is 10.0. The monoisotopic (exact) mass is 336 g/mol. The van der Waals surface area contributed by atoms with E-state index < -0.39 is 0 Å². The summed E-state index contributed by atoms with van der Waals surface area (Å²) in [6.07, 6.45) is 6.33. The van der Waals surface area contributed by atoms with Gasteiger partial charge in [-0.2, -0.15) is 0 Å². The number of rotatable bonds is 4. The summed E-state index contributed by atoms with van der Waals surface area (Å²) in [5.41, 5.74) is 9.01. The lowest BCUT2D eigenvalue weighted by molar-refractivity contribution is 0.494.